The van der Waals surface area contributed by atoms with Crippen LogP contribution in [0.4, 0.5) is 11.4 Å². The van der Waals surface area contributed by atoms with E-state index in [9.17, 15) is 4.79 Å². The van der Waals surface area contributed by atoms with Crippen molar-refractivity contribution < 1.29 is 4.79 Å². The van der Waals surface area contributed by atoms with Crippen LogP contribution in [-0.4, -0.2) is 29.6 Å². The summed E-state index contributed by atoms with van der Waals surface area (Å²) in [4.78, 5) is 24.2. The number of nitrogens with zero attached hydrogens (tertiary/aromatic N) is 3. The first-order chi connectivity index (χ1) is 15.6. The average Bonchev–Trinajstić information content (AvgIpc) is 3.28. The van der Waals surface area contributed by atoms with E-state index in [4.69, 9.17) is 16.6 Å². The molecule has 2 aliphatic rings. The van der Waals surface area contributed by atoms with Gasteiger partial charge in [-0.15, -0.1) is 0 Å². The van der Waals surface area contributed by atoms with Crippen LogP contribution >= 0.6 is 35.1 Å². The second-order valence-corrected chi connectivity index (χ2v) is 10.2. The third-order valence-electron chi connectivity index (χ3n) is 5.57. The predicted octanol–water partition coefficient (Wildman–Crippen LogP) is 7.27. The molecule has 32 heavy (non-hydrogen) atoms. The highest BCUT2D eigenvalue weighted by atomic mass is 35.5. The summed E-state index contributed by atoms with van der Waals surface area (Å²) in [5.41, 5.74) is 1.91. The molecule has 5 rings (SSSR count). The SMILES string of the molecule is CCCCN1C(=O)C(=C2Sc3ccc(Cl)cc3N2C)SC1=Nc1cccc2ccccc12. The fourth-order valence-electron chi connectivity index (χ4n) is 3.86. The fraction of sp³-hybridized carbons (Fsp3) is 0.200. The first-order valence-corrected chi connectivity index (χ1v) is 12.6. The molecule has 0 spiro atoms. The van der Waals surface area contributed by atoms with Crippen LogP contribution in [0.5, 0.6) is 0 Å². The van der Waals surface area contributed by atoms with Crippen LogP contribution in [0.25, 0.3) is 10.8 Å². The zero-order valence-electron chi connectivity index (χ0n) is 17.8. The Labute approximate surface area is 201 Å². The summed E-state index contributed by atoms with van der Waals surface area (Å²) in [6, 6.07) is 20.2. The number of aliphatic imine (C=N–C) groups is 1. The third-order valence-corrected chi connectivity index (χ3v) is 8.24. The molecule has 4 nitrogen and oxygen atoms in total. The van der Waals surface area contributed by atoms with Gasteiger partial charge in [-0.2, -0.15) is 0 Å². The number of amidine groups is 1. The van der Waals surface area contributed by atoms with Crippen LogP contribution in [0.3, 0.4) is 0 Å². The molecule has 0 saturated carbocycles. The Kier molecular flexibility index (Phi) is 5.93. The standard InChI is InChI=1S/C25H22ClN3OS2/c1-3-4-14-29-23(30)22(24-28(2)20-15-17(26)12-13-21(20)31-24)32-25(29)27-19-11-7-9-16-8-5-6-10-18(16)19/h5-13,15H,3-4,14H2,1-2H3. The van der Waals surface area contributed by atoms with E-state index in [0.717, 1.165) is 55.0 Å². The highest BCUT2D eigenvalue weighted by molar-refractivity contribution is 8.19. The van der Waals surface area contributed by atoms with Crippen molar-refractivity contribution in [2.75, 3.05) is 18.5 Å². The van der Waals surface area contributed by atoms with E-state index in [1.165, 1.54) is 11.8 Å². The highest BCUT2D eigenvalue weighted by Gasteiger charge is 2.39. The molecule has 1 amide bonds. The van der Waals surface area contributed by atoms with Gasteiger partial charge in [-0.05, 0) is 47.8 Å². The van der Waals surface area contributed by atoms with Crippen molar-refractivity contribution in [2.24, 2.45) is 4.99 Å². The van der Waals surface area contributed by atoms with E-state index in [-0.39, 0.29) is 5.91 Å². The number of amides is 1. The monoisotopic (exact) mass is 479 g/mol. The van der Waals surface area contributed by atoms with Crippen molar-refractivity contribution in [2.45, 2.75) is 24.7 Å². The van der Waals surface area contributed by atoms with Crippen LogP contribution < -0.4 is 4.90 Å². The van der Waals surface area contributed by atoms with Gasteiger partial charge in [0.25, 0.3) is 5.91 Å². The first-order valence-electron chi connectivity index (χ1n) is 10.6. The Hall–Kier alpha value is -2.41. The third kappa shape index (κ3) is 3.81. The van der Waals surface area contributed by atoms with E-state index in [0.29, 0.717) is 11.6 Å². The van der Waals surface area contributed by atoms with Crippen LogP contribution in [0.1, 0.15) is 19.8 Å². The second kappa shape index (κ2) is 8.85. The summed E-state index contributed by atoms with van der Waals surface area (Å²) in [5.74, 6) is 0.0238. The van der Waals surface area contributed by atoms with Gasteiger partial charge in [0, 0.05) is 28.9 Å². The quantitative estimate of drug-likeness (QED) is 0.369. The number of hydrogen-bond donors (Lipinski definition) is 0. The Bertz CT molecular complexity index is 1280. The zero-order chi connectivity index (χ0) is 22.2. The molecule has 2 aliphatic heterocycles. The van der Waals surface area contributed by atoms with Crippen LogP contribution in [0.2, 0.25) is 5.02 Å². The highest BCUT2D eigenvalue weighted by Crippen LogP contribution is 2.50. The molecule has 3 aromatic carbocycles. The summed E-state index contributed by atoms with van der Waals surface area (Å²) in [6.07, 6.45) is 1.95. The Morgan fingerprint density at radius 3 is 2.69 bits per heavy atom. The maximum absolute atomic E-state index is 13.5. The summed E-state index contributed by atoms with van der Waals surface area (Å²) in [6.45, 7) is 2.80. The molecule has 0 N–H and O–H groups in total. The van der Waals surface area contributed by atoms with Crippen molar-refractivity contribution in [1.29, 1.82) is 0 Å². The van der Waals surface area contributed by atoms with Crippen molar-refractivity contribution in [3.8, 4) is 0 Å². The fourth-order valence-corrected chi connectivity index (χ4v) is 6.37. The first kappa shape index (κ1) is 21.4. The molecule has 1 fully saturated rings. The summed E-state index contributed by atoms with van der Waals surface area (Å²) < 4.78 is 0. The van der Waals surface area contributed by atoms with Crippen molar-refractivity contribution >= 4 is 68.3 Å². The smallest absolute Gasteiger partial charge is 0.269 e. The molecule has 7 heteroatoms. The average molecular weight is 480 g/mol. The lowest BCUT2D eigenvalue weighted by atomic mass is 10.1. The normalized spacial score (nSPS) is 19.5. The molecule has 2 heterocycles. The largest absolute Gasteiger partial charge is 0.337 e. The number of rotatable bonds is 4. The molecule has 0 bridgehead atoms. The maximum atomic E-state index is 13.5. The van der Waals surface area contributed by atoms with Gasteiger partial charge >= 0.3 is 0 Å². The lowest BCUT2D eigenvalue weighted by molar-refractivity contribution is -0.122. The summed E-state index contributed by atoms with van der Waals surface area (Å²) in [5, 5.41) is 4.59. The van der Waals surface area contributed by atoms with Gasteiger partial charge in [0.1, 0.15) is 4.91 Å². The number of halogens is 1. The topological polar surface area (TPSA) is 35.9 Å². The molecule has 0 atom stereocenters. The Morgan fingerprint density at radius 2 is 1.84 bits per heavy atom. The van der Waals surface area contributed by atoms with Gasteiger partial charge in [-0.1, -0.05) is 73.1 Å². The number of anilines is 1. The minimum absolute atomic E-state index is 0.0238. The van der Waals surface area contributed by atoms with Crippen LogP contribution in [0.15, 0.2) is 80.5 Å². The summed E-state index contributed by atoms with van der Waals surface area (Å²) in [7, 11) is 1.99. The van der Waals surface area contributed by atoms with Crippen molar-refractivity contribution in [3.63, 3.8) is 0 Å². The van der Waals surface area contributed by atoms with Crippen LogP contribution in [0, 0.1) is 0 Å². The molecular formula is C25H22ClN3OS2. The molecule has 162 valence electrons. The minimum Gasteiger partial charge on any atom is -0.337 e. The Balaban J connectivity index is 1.57. The van der Waals surface area contributed by atoms with E-state index in [1.54, 1.807) is 11.8 Å². The van der Waals surface area contributed by atoms with Crippen LogP contribution in [-0.2, 0) is 4.79 Å². The molecule has 0 unspecified atom stereocenters. The van der Waals surface area contributed by atoms with Crippen molar-refractivity contribution in [1.82, 2.24) is 4.90 Å². The number of thioether (sulfide) groups is 2. The molecule has 0 radical (unpaired) electrons. The lowest BCUT2D eigenvalue weighted by Gasteiger charge is -2.16. The number of carbonyl (C=O) groups is 1. The molecule has 0 aromatic heterocycles. The van der Waals surface area contributed by atoms with Gasteiger partial charge in [0.2, 0.25) is 0 Å². The second-order valence-electron chi connectivity index (χ2n) is 7.71. The molecule has 1 saturated heterocycles. The lowest BCUT2D eigenvalue weighted by Crippen LogP contribution is -2.30. The van der Waals surface area contributed by atoms with E-state index >= 15 is 0 Å². The number of benzene rings is 3. The van der Waals surface area contributed by atoms with Gasteiger partial charge in [-0.25, -0.2) is 4.99 Å². The van der Waals surface area contributed by atoms with E-state index < -0.39 is 0 Å². The predicted molar refractivity (Wildman–Crippen MR) is 138 cm³/mol. The van der Waals surface area contributed by atoms with Gasteiger partial charge < -0.3 is 4.90 Å². The molecular weight excluding hydrogens is 458 g/mol. The van der Waals surface area contributed by atoms with Gasteiger partial charge in [0.15, 0.2) is 5.17 Å². The number of hydrogen-bond acceptors (Lipinski definition) is 5. The number of unbranched alkanes of at least 4 members (excludes halogenated alkanes) is 1. The zero-order valence-corrected chi connectivity index (χ0v) is 20.2. The van der Waals surface area contributed by atoms with E-state index in [1.807, 2.05) is 54.4 Å². The van der Waals surface area contributed by atoms with Gasteiger partial charge in [0.05, 0.1) is 16.4 Å². The maximum Gasteiger partial charge on any atom is 0.269 e. The van der Waals surface area contributed by atoms with E-state index in [2.05, 4.69) is 30.0 Å². The number of carbonyl (C=O) groups excluding carboxylic acids is 1. The number of fused-ring (bicyclic) bond motifs is 2. The minimum atomic E-state index is 0.0238. The molecule has 3 aromatic rings. The van der Waals surface area contributed by atoms with Crippen molar-refractivity contribution in [3.05, 3.63) is 75.6 Å². The summed E-state index contributed by atoms with van der Waals surface area (Å²) >= 11 is 9.30. The van der Waals surface area contributed by atoms with Gasteiger partial charge in [-0.3, -0.25) is 9.69 Å². The Morgan fingerprint density at radius 1 is 1.03 bits per heavy atom. The molecule has 0 aliphatic carbocycles.